The molecule has 0 fully saturated rings. The van der Waals surface area contributed by atoms with Crippen molar-refractivity contribution in [1.82, 2.24) is 9.97 Å². The van der Waals surface area contributed by atoms with Gasteiger partial charge in [-0.05, 0) is 36.8 Å². The Bertz CT molecular complexity index is 862. The third-order valence-electron chi connectivity index (χ3n) is 3.48. The summed E-state index contributed by atoms with van der Waals surface area (Å²) in [5.41, 5.74) is 4.77. The molecule has 0 aliphatic heterocycles. The minimum absolute atomic E-state index is 0.0719. The van der Waals surface area contributed by atoms with E-state index < -0.39 is 0 Å². The van der Waals surface area contributed by atoms with Crippen molar-refractivity contribution in [3.8, 4) is 11.3 Å². The second-order valence-electron chi connectivity index (χ2n) is 5.45. The molecule has 0 radical (unpaired) electrons. The fraction of sp³-hybridized carbons (Fsp3) is 0.167. The highest BCUT2D eigenvalue weighted by Gasteiger charge is 2.09. The third-order valence-corrected chi connectivity index (χ3v) is 4.68. The summed E-state index contributed by atoms with van der Waals surface area (Å²) in [5, 5.41) is 5.41. The quantitative estimate of drug-likeness (QED) is 0.630. The van der Waals surface area contributed by atoms with Gasteiger partial charge in [0.05, 0.1) is 12.1 Å². The molecule has 1 amide bonds. The Hall–Kier alpha value is -2.38. The largest absolute Gasteiger partial charge is 0.330 e. The van der Waals surface area contributed by atoms with Gasteiger partial charge in [0, 0.05) is 34.8 Å². The van der Waals surface area contributed by atoms with Crippen molar-refractivity contribution in [3.05, 3.63) is 59.2 Å². The minimum atomic E-state index is -0.0719. The Morgan fingerprint density at radius 1 is 1.24 bits per heavy atom. The number of carbonyl (C=O) groups excluding carboxylic acids is 1. The molecule has 0 spiro atoms. The summed E-state index contributed by atoms with van der Waals surface area (Å²) in [7, 11) is 0. The number of amides is 1. The van der Waals surface area contributed by atoms with Gasteiger partial charge >= 0.3 is 0 Å². The van der Waals surface area contributed by atoms with Crippen molar-refractivity contribution >= 4 is 40.0 Å². The summed E-state index contributed by atoms with van der Waals surface area (Å²) in [4.78, 5) is 20.9. The topological polar surface area (TPSA) is 66.9 Å². The molecule has 2 aromatic heterocycles. The van der Waals surface area contributed by atoms with Crippen molar-refractivity contribution in [3.63, 3.8) is 0 Å². The van der Waals surface area contributed by atoms with Crippen LogP contribution in [0, 0.1) is 6.92 Å². The van der Waals surface area contributed by atoms with E-state index in [0.717, 1.165) is 28.2 Å². The summed E-state index contributed by atoms with van der Waals surface area (Å²) >= 11 is 2.96. The number of carbonyl (C=O) groups is 1. The first kappa shape index (κ1) is 17.4. The standard InChI is InChI=1S/C18H18N4OS2/c1-12-9-14(7-8-19-12)16-11-25-18(20-16)21-17(23)10-13-3-5-15(6-4-13)22-24-2/h3-9,11,22H,10H2,1-2H3,(H,20,21,23). The monoisotopic (exact) mass is 370 g/mol. The maximum absolute atomic E-state index is 12.2. The second-order valence-corrected chi connectivity index (χ2v) is 6.92. The van der Waals surface area contributed by atoms with Gasteiger partial charge in [-0.3, -0.25) is 9.78 Å². The lowest BCUT2D eigenvalue weighted by atomic mass is 10.1. The van der Waals surface area contributed by atoms with E-state index in [-0.39, 0.29) is 5.91 Å². The molecule has 3 aromatic rings. The van der Waals surface area contributed by atoms with Crippen LogP contribution in [-0.4, -0.2) is 22.1 Å². The van der Waals surface area contributed by atoms with Crippen molar-refractivity contribution in [1.29, 1.82) is 0 Å². The predicted octanol–water partition coefficient (Wildman–Crippen LogP) is 4.38. The van der Waals surface area contributed by atoms with Crippen molar-refractivity contribution < 1.29 is 4.79 Å². The Labute approximate surface area is 155 Å². The number of aromatic nitrogens is 2. The first-order valence-electron chi connectivity index (χ1n) is 7.70. The summed E-state index contributed by atoms with van der Waals surface area (Å²) in [5.74, 6) is -0.0719. The van der Waals surface area contributed by atoms with Crippen LogP contribution in [-0.2, 0) is 11.2 Å². The molecule has 0 atom stereocenters. The van der Waals surface area contributed by atoms with Gasteiger partial charge < -0.3 is 10.0 Å². The number of anilines is 2. The van der Waals surface area contributed by atoms with Gasteiger partial charge in [-0.25, -0.2) is 4.98 Å². The Balaban J connectivity index is 1.61. The molecule has 0 bridgehead atoms. The molecule has 0 aliphatic carbocycles. The second kappa shape index (κ2) is 8.13. The SMILES string of the molecule is CSNc1ccc(CC(=O)Nc2nc(-c3ccnc(C)c3)cs2)cc1. The van der Waals surface area contributed by atoms with Crippen LogP contribution in [0.1, 0.15) is 11.3 Å². The molecule has 0 saturated carbocycles. The summed E-state index contributed by atoms with van der Waals surface area (Å²) < 4.78 is 3.15. The van der Waals surface area contributed by atoms with E-state index in [9.17, 15) is 4.79 Å². The average molecular weight is 371 g/mol. The molecule has 0 aliphatic rings. The van der Waals surface area contributed by atoms with E-state index in [2.05, 4.69) is 20.0 Å². The molecular weight excluding hydrogens is 352 g/mol. The molecule has 1 aromatic carbocycles. The zero-order valence-corrected chi connectivity index (χ0v) is 15.6. The molecule has 2 heterocycles. The van der Waals surface area contributed by atoms with Gasteiger partial charge in [-0.15, -0.1) is 11.3 Å². The van der Waals surface area contributed by atoms with Crippen LogP contribution in [0.4, 0.5) is 10.8 Å². The molecule has 3 rings (SSSR count). The van der Waals surface area contributed by atoms with Crippen LogP contribution in [0.25, 0.3) is 11.3 Å². The highest BCUT2D eigenvalue weighted by Crippen LogP contribution is 2.25. The van der Waals surface area contributed by atoms with Crippen LogP contribution in [0.5, 0.6) is 0 Å². The Kier molecular flexibility index (Phi) is 5.67. The lowest BCUT2D eigenvalue weighted by molar-refractivity contribution is -0.115. The molecule has 2 N–H and O–H groups in total. The maximum Gasteiger partial charge on any atom is 0.230 e. The highest BCUT2D eigenvalue weighted by molar-refractivity contribution is 7.99. The highest BCUT2D eigenvalue weighted by atomic mass is 32.2. The van der Waals surface area contributed by atoms with Crippen LogP contribution in [0.3, 0.4) is 0 Å². The van der Waals surface area contributed by atoms with Gasteiger partial charge in [0.25, 0.3) is 0 Å². The van der Waals surface area contributed by atoms with E-state index in [0.29, 0.717) is 11.6 Å². The van der Waals surface area contributed by atoms with Crippen LogP contribution < -0.4 is 10.0 Å². The van der Waals surface area contributed by atoms with Crippen molar-refractivity contribution in [2.24, 2.45) is 0 Å². The Morgan fingerprint density at radius 2 is 2.04 bits per heavy atom. The molecule has 25 heavy (non-hydrogen) atoms. The molecule has 0 unspecified atom stereocenters. The van der Waals surface area contributed by atoms with Gasteiger partial charge in [-0.1, -0.05) is 24.1 Å². The lowest BCUT2D eigenvalue weighted by Crippen LogP contribution is -2.14. The van der Waals surface area contributed by atoms with Crippen LogP contribution in [0.15, 0.2) is 48.0 Å². The van der Waals surface area contributed by atoms with Gasteiger partial charge in [-0.2, -0.15) is 0 Å². The van der Waals surface area contributed by atoms with Gasteiger partial charge in [0.1, 0.15) is 0 Å². The number of pyridine rings is 1. The number of hydrogen-bond acceptors (Lipinski definition) is 6. The summed E-state index contributed by atoms with van der Waals surface area (Å²) in [6, 6.07) is 11.7. The fourth-order valence-electron chi connectivity index (χ4n) is 2.33. The normalized spacial score (nSPS) is 10.5. The minimum Gasteiger partial charge on any atom is -0.330 e. The maximum atomic E-state index is 12.2. The van der Waals surface area contributed by atoms with E-state index >= 15 is 0 Å². The number of nitrogens with zero attached hydrogens (tertiary/aromatic N) is 2. The van der Waals surface area contributed by atoms with E-state index in [1.807, 2.05) is 55.0 Å². The van der Waals surface area contributed by atoms with E-state index in [4.69, 9.17) is 0 Å². The molecule has 5 nitrogen and oxygen atoms in total. The molecule has 128 valence electrons. The zero-order valence-electron chi connectivity index (χ0n) is 13.9. The van der Waals surface area contributed by atoms with Gasteiger partial charge in [0.15, 0.2) is 5.13 Å². The van der Waals surface area contributed by atoms with Gasteiger partial charge in [0.2, 0.25) is 5.91 Å². The van der Waals surface area contributed by atoms with E-state index in [1.165, 1.54) is 23.3 Å². The number of thiazole rings is 1. The predicted molar refractivity (Wildman–Crippen MR) is 106 cm³/mol. The number of benzene rings is 1. The Morgan fingerprint density at radius 3 is 2.76 bits per heavy atom. The van der Waals surface area contributed by atoms with E-state index in [1.54, 1.807) is 6.20 Å². The average Bonchev–Trinajstić information content (AvgIpc) is 3.05. The lowest BCUT2D eigenvalue weighted by Gasteiger charge is -2.05. The number of rotatable bonds is 6. The van der Waals surface area contributed by atoms with Crippen molar-refractivity contribution in [2.75, 3.05) is 16.3 Å². The number of hydrogen-bond donors (Lipinski definition) is 2. The zero-order chi connectivity index (χ0) is 17.6. The third kappa shape index (κ3) is 4.80. The molecular formula is C18H18N4OS2. The first-order chi connectivity index (χ1) is 12.1. The fourth-order valence-corrected chi connectivity index (χ4v) is 3.43. The summed E-state index contributed by atoms with van der Waals surface area (Å²) in [6.45, 7) is 1.94. The van der Waals surface area contributed by atoms with Crippen molar-refractivity contribution in [2.45, 2.75) is 13.3 Å². The number of nitrogens with one attached hydrogen (secondary N) is 2. The first-order valence-corrected chi connectivity index (χ1v) is 9.81. The smallest absolute Gasteiger partial charge is 0.230 e. The molecule has 0 saturated heterocycles. The number of aryl methyl sites for hydroxylation is 1. The van der Waals surface area contributed by atoms with Crippen LogP contribution >= 0.6 is 23.3 Å². The molecule has 7 heteroatoms. The summed E-state index contributed by atoms with van der Waals surface area (Å²) in [6.07, 6.45) is 4.05. The van der Waals surface area contributed by atoms with Crippen LogP contribution in [0.2, 0.25) is 0 Å².